The van der Waals surface area contributed by atoms with Gasteiger partial charge in [-0.05, 0) is 25.8 Å². The van der Waals surface area contributed by atoms with Crippen molar-refractivity contribution >= 4 is 0 Å². The number of hydrogen-bond acceptors (Lipinski definition) is 17. The molecule has 0 amide bonds. The average Bonchev–Trinajstić information content (AvgIpc) is 2.95. The second kappa shape index (κ2) is 16.4. The van der Waals surface area contributed by atoms with E-state index in [0.717, 1.165) is 0 Å². The van der Waals surface area contributed by atoms with Crippen LogP contribution in [0.3, 0.4) is 0 Å². The zero-order valence-electron chi connectivity index (χ0n) is 23.0. The summed E-state index contributed by atoms with van der Waals surface area (Å²) in [5.41, 5.74) is 18.5. The van der Waals surface area contributed by atoms with E-state index in [2.05, 4.69) is 10.6 Å². The van der Waals surface area contributed by atoms with E-state index in [1.54, 1.807) is 0 Å². The lowest BCUT2D eigenvalue weighted by molar-refractivity contribution is -0.316. The maximum absolute atomic E-state index is 11.5. The Morgan fingerprint density at radius 1 is 0.780 bits per heavy atom. The average molecular weight is 600 g/mol. The van der Waals surface area contributed by atoms with Gasteiger partial charge in [-0.3, -0.25) is 0 Å². The summed E-state index contributed by atoms with van der Waals surface area (Å²) in [5, 5.41) is 86.6. The van der Waals surface area contributed by atoms with E-state index < -0.39 is 111 Å². The molecule has 14 atom stereocenters. The van der Waals surface area contributed by atoms with Gasteiger partial charge in [0.25, 0.3) is 0 Å². The summed E-state index contributed by atoms with van der Waals surface area (Å²) in [6, 6.07) is -4.35. The van der Waals surface area contributed by atoms with E-state index in [-0.39, 0.29) is 26.0 Å². The fourth-order valence-corrected chi connectivity index (χ4v) is 5.43. The van der Waals surface area contributed by atoms with Crippen LogP contribution < -0.4 is 27.8 Å². The number of hydrogen-bond donors (Lipinski definition) is 13. The molecule has 0 aromatic carbocycles. The molecule has 0 spiro atoms. The van der Waals surface area contributed by atoms with Gasteiger partial charge in [0.2, 0.25) is 0 Å². The van der Waals surface area contributed by atoms with Crippen molar-refractivity contribution in [3.8, 4) is 0 Å². The first-order chi connectivity index (χ1) is 19.6. The molecule has 3 rings (SSSR count). The Kier molecular flexibility index (Phi) is 13.9. The summed E-state index contributed by atoms with van der Waals surface area (Å²) in [7, 11) is 0. The molecule has 41 heavy (non-hydrogen) atoms. The van der Waals surface area contributed by atoms with Gasteiger partial charge in [-0.15, -0.1) is 0 Å². The molecule has 1 unspecified atom stereocenters. The van der Waals surface area contributed by atoms with Gasteiger partial charge in [-0.25, -0.2) is 0 Å². The smallest absolute Gasteiger partial charge is 0.186 e. The molecule has 0 aromatic heterocycles. The highest BCUT2D eigenvalue weighted by Gasteiger charge is 2.51. The molecular formula is C24H49N5O12. The van der Waals surface area contributed by atoms with Gasteiger partial charge in [0.15, 0.2) is 12.6 Å². The molecule has 0 radical (unpaired) electrons. The van der Waals surface area contributed by atoms with Crippen molar-refractivity contribution in [1.29, 1.82) is 0 Å². The first kappa shape index (κ1) is 34.8. The summed E-state index contributed by atoms with van der Waals surface area (Å²) < 4.78 is 23.5. The number of nitrogens with two attached hydrogens (primary N) is 3. The molecule has 3 aliphatic rings. The summed E-state index contributed by atoms with van der Waals surface area (Å²) in [6.45, 7) is -0.681. The highest BCUT2D eigenvalue weighted by molar-refractivity contribution is 5.03. The lowest BCUT2D eigenvalue weighted by Crippen LogP contribution is -2.69. The first-order valence-corrected chi connectivity index (χ1v) is 14.1. The van der Waals surface area contributed by atoms with Crippen LogP contribution in [0.25, 0.3) is 0 Å². The van der Waals surface area contributed by atoms with Crippen LogP contribution in [0.15, 0.2) is 0 Å². The Morgan fingerprint density at radius 3 is 2.07 bits per heavy atom. The van der Waals surface area contributed by atoms with E-state index in [1.165, 1.54) is 0 Å². The predicted molar refractivity (Wildman–Crippen MR) is 141 cm³/mol. The van der Waals surface area contributed by atoms with Crippen molar-refractivity contribution in [1.82, 2.24) is 10.6 Å². The van der Waals surface area contributed by atoms with Crippen LogP contribution in [-0.4, -0.2) is 172 Å². The van der Waals surface area contributed by atoms with E-state index in [9.17, 15) is 35.7 Å². The Balaban J connectivity index is 1.77. The molecule has 242 valence electrons. The monoisotopic (exact) mass is 599 g/mol. The number of nitrogens with one attached hydrogen (secondary N) is 2. The van der Waals surface area contributed by atoms with Crippen LogP contribution >= 0.6 is 0 Å². The standard InChI is InChI=1S/C24H49N5O12/c25-11-4-13(29-10(7-31)8-32)22(41-24-19(36)17(27)18(35)16(9-33)39-24)20(37)21(11)40-23-12(26)5-14(34)15(38-23)6-28-2-1-3-30/h10-24,28-37H,1-9,25-27H2/t11-,12+,13+,14-,15+,16+,17-,18+,19+,20-,21?,22-,23+,24+/m0/s1. The molecule has 0 bridgehead atoms. The topological polar surface area (TPSA) is 301 Å². The third-order valence-corrected chi connectivity index (χ3v) is 7.89. The molecule has 17 heteroatoms. The van der Waals surface area contributed by atoms with Crippen LogP contribution in [0.4, 0.5) is 0 Å². The molecule has 1 saturated carbocycles. The molecular weight excluding hydrogens is 550 g/mol. The zero-order valence-corrected chi connectivity index (χ0v) is 23.0. The van der Waals surface area contributed by atoms with Crippen molar-refractivity contribution in [3.63, 3.8) is 0 Å². The van der Waals surface area contributed by atoms with E-state index in [4.69, 9.17) is 41.3 Å². The van der Waals surface area contributed by atoms with Crippen molar-refractivity contribution in [2.24, 2.45) is 17.2 Å². The van der Waals surface area contributed by atoms with E-state index in [1.807, 2.05) is 0 Å². The lowest BCUT2D eigenvalue weighted by atomic mass is 9.83. The highest BCUT2D eigenvalue weighted by Crippen LogP contribution is 2.31. The largest absolute Gasteiger partial charge is 0.396 e. The lowest BCUT2D eigenvalue weighted by Gasteiger charge is -2.49. The van der Waals surface area contributed by atoms with Gasteiger partial charge in [-0.2, -0.15) is 0 Å². The maximum atomic E-state index is 11.5. The van der Waals surface area contributed by atoms with E-state index in [0.29, 0.717) is 13.0 Å². The summed E-state index contributed by atoms with van der Waals surface area (Å²) in [5.74, 6) is 0. The maximum Gasteiger partial charge on any atom is 0.186 e. The van der Waals surface area contributed by atoms with Crippen molar-refractivity contribution < 1.29 is 59.8 Å². The van der Waals surface area contributed by atoms with Gasteiger partial charge in [0.05, 0.1) is 50.2 Å². The number of ether oxygens (including phenoxy) is 4. The SMILES string of the molecule is N[C@@H]1[C@@H](O)[C@@H](O[C@H]2[C@H](NC(CO)CO)C[C@H](N)C(O[C@H]3O[C@H](CNCCCO)[C@@H](O)C[C@H]3N)[C@@H]2O)O[C@H](CO)[C@H]1O. The highest BCUT2D eigenvalue weighted by atomic mass is 16.7. The third-order valence-electron chi connectivity index (χ3n) is 7.89. The Bertz CT molecular complexity index is 758. The molecule has 2 saturated heterocycles. The number of aliphatic hydroxyl groups is 8. The van der Waals surface area contributed by atoms with Crippen LogP contribution in [0.1, 0.15) is 19.3 Å². The first-order valence-electron chi connectivity index (χ1n) is 14.1. The van der Waals surface area contributed by atoms with Gasteiger partial charge in [0, 0.05) is 25.2 Å². The fourth-order valence-electron chi connectivity index (χ4n) is 5.43. The molecule has 2 heterocycles. The third kappa shape index (κ3) is 8.70. The van der Waals surface area contributed by atoms with Crippen LogP contribution in [0, 0.1) is 0 Å². The summed E-state index contributed by atoms with van der Waals surface area (Å²) >= 11 is 0. The van der Waals surface area contributed by atoms with Gasteiger partial charge in [-0.1, -0.05) is 0 Å². The Labute approximate surface area is 238 Å². The second-order valence-corrected chi connectivity index (χ2v) is 11.0. The molecule has 17 nitrogen and oxygen atoms in total. The van der Waals surface area contributed by atoms with Crippen molar-refractivity contribution in [2.75, 3.05) is 39.5 Å². The number of rotatable bonds is 14. The van der Waals surface area contributed by atoms with Crippen LogP contribution in [-0.2, 0) is 18.9 Å². The zero-order chi connectivity index (χ0) is 30.3. The minimum Gasteiger partial charge on any atom is -0.396 e. The van der Waals surface area contributed by atoms with E-state index >= 15 is 0 Å². The predicted octanol–water partition coefficient (Wildman–Crippen LogP) is -7.30. The summed E-state index contributed by atoms with van der Waals surface area (Å²) in [4.78, 5) is 0. The molecule has 0 aromatic rings. The van der Waals surface area contributed by atoms with Crippen molar-refractivity contribution in [3.05, 3.63) is 0 Å². The van der Waals surface area contributed by atoms with Crippen LogP contribution in [0.5, 0.6) is 0 Å². The molecule has 3 fully saturated rings. The minimum atomic E-state index is -1.53. The quantitative estimate of drug-likeness (QED) is 0.0825. The number of aliphatic hydroxyl groups excluding tert-OH is 8. The molecule has 16 N–H and O–H groups in total. The minimum absolute atomic E-state index is 0.0156. The summed E-state index contributed by atoms with van der Waals surface area (Å²) in [6.07, 6.45) is -11.1. The second-order valence-electron chi connectivity index (χ2n) is 11.0. The molecule has 2 aliphatic heterocycles. The van der Waals surface area contributed by atoms with Gasteiger partial charge in [0.1, 0.15) is 36.6 Å². The van der Waals surface area contributed by atoms with Crippen molar-refractivity contribution in [2.45, 2.75) is 111 Å². The van der Waals surface area contributed by atoms with Gasteiger partial charge < -0.3 is 87.6 Å². The Morgan fingerprint density at radius 2 is 1.44 bits per heavy atom. The van der Waals surface area contributed by atoms with Crippen LogP contribution in [0.2, 0.25) is 0 Å². The molecule has 1 aliphatic carbocycles. The Hall–Kier alpha value is -0.680. The normalized spacial score (nSPS) is 43.9. The fraction of sp³-hybridized carbons (Fsp3) is 1.00. The van der Waals surface area contributed by atoms with Gasteiger partial charge >= 0.3 is 0 Å².